The lowest BCUT2D eigenvalue weighted by molar-refractivity contribution is 0.564. The summed E-state index contributed by atoms with van der Waals surface area (Å²) in [6, 6.07) is 5.56. The van der Waals surface area contributed by atoms with Crippen molar-refractivity contribution in [3.63, 3.8) is 0 Å². The number of rotatable bonds is 5. The number of nitrogens with one attached hydrogen (secondary N) is 1. The molecule has 0 saturated heterocycles. The quantitative estimate of drug-likeness (QED) is 0.878. The number of nitrogens with zero attached hydrogens (tertiary/aromatic N) is 2. The maximum absolute atomic E-state index is 6.17. The summed E-state index contributed by atoms with van der Waals surface area (Å²) in [6.45, 7) is 5.19. The van der Waals surface area contributed by atoms with E-state index in [0.717, 1.165) is 28.5 Å². The highest BCUT2D eigenvalue weighted by atomic mass is 35.5. The van der Waals surface area contributed by atoms with Crippen molar-refractivity contribution >= 4 is 34.5 Å². The highest BCUT2D eigenvalue weighted by Gasteiger charge is 2.14. The number of hydrogen-bond acceptors (Lipinski definition) is 4. The first-order chi connectivity index (χ1) is 9.11. The van der Waals surface area contributed by atoms with Crippen LogP contribution in [0, 0.1) is 0 Å². The molecule has 0 amide bonds. The summed E-state index contributed by atoms with van der Waals surface area (Å²) >= 11 is 13.7. The Bertz CT molecular complexity index is 557. The lowest BCUT2D eigenvalue weighted by Crippen LogP contribution is -2.18. The highest BCUT2D eigenvalue weighted by Crippen LogP contribution is 2.33. The van der Waals surface area contributed by atoms with Crippen LogP contribution in [0.4, 0.5) is 0 Å². The van der Waals surface area contributed by atoms with Crippen LogP contribution in [0.15, 0.2) is 18.2 Å². The van der Waals surface area contributed by atoms with Gasteiger partial charge in [0.2, 0.25) is 0 Å². The van der Waals surface area contributed by atoms with Gasteiger partial charge in [-0.25, -0.2) is 0 Å². The van der Waals surface area contributed by atoms with E-state index < -0.39 is 0 Å². The SMILES string of the molecule is CCCNC(C)c1nnc(-c2cc(Cl)ccc2Cl)s1. The van der Waals surface area contributed by atoms with Gasteiger partial charge in [-0.3, -0.25) is 0 Å². The van der Waals surface area contributed by atoms with E-state index in [1.165, 1.54) is 11.3 Å². The minimum atomic E-state index is 0.198. The zero-order valence-corrected chi connectivity index (χ0v) is 13.1. The van der Waals surface area contributed by atoms with Crippen LogP contribution in [0.1, 0.15) is 31.3 Å². The number of hydrogen-bond donors (Lipinski definition) is 1. The molecule has 0 fully saturated rings. The third-order valence-electron chi connectivity index (χ3n) is 2.67. The van der Waals surface area contributed by atoms with Crippen molar-refractivity contribution in [1.82, 2.24) is 15.5 Å². The van der Waals surface area contributed by atoms with Gasteiger partial charge in [0.25, 0.3) is 0 Å². The molecule has 2 rings (SSSR count). The van der Waals surface area contributed by atoms with Crippen LogP contribution < -0.4 is 5.32 Å². The number of aromatic nitrogens is 2. The first-order valence-electron chi connectivity index (χ1n) is 6.14. The lowest BCUT2D eigenvalue weighted by Gasteiger charge is -2.08. The van der Waals surface area contributed by atoms with Crippen molar-refractivity contribution in [1.29, 1.82) is 0 Å². The summed E-state index contributed by atoms with van der Waals surface area (Å²) in [5.41, 5.74) is 0.834. The molecule has 102 valence electrons. The maximum atomic E-state index is 6.17. The lowest BCUT2D eigenvalue weighted by atomic mass is 10.2. The first kappa shape index (κ1) is 14.7. The van der Waals surface area contributed by atoms with Crippen LogP contribution in [0.25, 0.3) is 10.6 Å². The summed E-state index contributed by atoms with van der Waals surface area (Å²) < 4.78 is 0. The average molecular weight is 316 g/mol. The molecule has 0 aliphatic heterocycles. The van der Waals surface area contributed by atoms with Gasteiger partial charge < -0.3 is 5.32 Å². The van der Waals surface area contributed by atoms with Crippen molar-refractivity contribution in [2.75, 3.05) is 6.54 Å². The molecule has 1 aromatic carbocycles. The van der Waals surface area contributed by atoms with E-state index >= 15 is 0 Å². The zero-order valence-electron chi connectivity index (χ0n) is 10.8. The van der Waals surface area contributed by atoms with Crippen LogP contribution in [-0.2, 0) is 0 Å². The second kappa shape index (κ2) is 6.66. The second-order valence-electron chi connectivity index (χ2n) is 4.25. The summed E-state index contributed by atoms with van der Waals surface area (Å²) in [5.74, 6) is 0. The Labute approximate surface area is 127 Å². The Balaban J connectivity index is 2.23. The van der Waals surface area contributed by atoms with E-state index in [-0.39, 0.29) is 6.04 Å². The molecule has 3 nitrogen and oxygen atoms in total. The molecular weight excluding hydrogens is 301 g/mol. The van der Waals surface area contributed by atoms with Gasteiger partial charge in [-0.2, -0.15) is 0 Å². The predicted octanol–water partition coefficient (Wildman–Crippen LogP) is 4.57. The largest absolute Gasteiger partial charge is 0.308 e. The number of benzene rings is 1. The summed E-state index contributed by atoms with van der Waals surface area (Å²) in [6.07, 6.45) is 1.09. The van der Waals surface area contributed by atoms with Crippen molar-refractivity contribution in [2.45, 2.75) is 26.3 Å². The Morgan fingerprint density at radius 1 is 1.32 bits per heavy atom. The van der Waals surface area contributed by atoms with Gasteiger partial charge >= 0.3 is 0 Å². The molecule has 6 heteroatoms. The molecule has 1 heterocycles. The standard InChI is InChI=1S/C13H15Cl2N3S/c1-3-6-16-8(2)12-17-18-13(19-12)10-7-9(14)4-5-11(10)15/h4-5,7-8,16H,3,6H2,1-2H3. The van der Waals surface area contributed by atoms with Crippen molar-refractivity contribution in [3.8, 4) is 10.6 Å². The molecule has 1 aromatic heterocycles. The molecule has 2 aromatic rings. The fourth-order valence-electron chi connectivity index (χ4n) is 1.63. The van der Waals surface area contributed by atoms with E-state index in [2.05, 4.69) is 29.4 Å². The molecule has 0 spiro atoms. The second-order valence-corrected chi connectivity index (χ2v) is 6.10. The van der Waals surface area contributed by atoms with Crippen LogP contribution in [0.3, 0.4) is 0 Å². The van der Waals surface area contributed by atoms with Crippen molar-refractivity contribution in [2.24, 2.45) is 0 Å². The molecule has 0 bridgehead atoms. The van der Waals surface area contributed by atoms with Gasteiger partial charge in [-0.05, 0) is 38.1 Å². The zero-order chi connectivity index (χ0) is 13.8. The van der Waals surface area contributed by atoms with Crippen LogP contribution >= 0.6 is 34.5 Å². The van der Waals surface area contributed by atoms with Gasteiger partial charge in [-0.15, -0.1) is 10.2 Å². The molecule has 0 saturated carbocycles. The van der Waals surface area contributed by atoms with Gasteiger partial charge in [-0.1, -0.05) is 41.5 Å². The summed E-state index contributed by atoms with van der Waals surface area (Å²) in [7, 11) is 0. The van der Waals surface area contributed by atoms with Gasteiger partial charge in [0.05, 0.1) is 11.1 Å². The Hall–Kier alpha value is -0.680. The fraction of sp³-hybridized carbons (Fsp3) is 0.385. The Morgan fingerprint density at radius 3 is 2.84 bits per heavy atom. The molecule has 19 heavy (non-hydrogen) atoms. The van der Waals surface area contributed by atoms with Crippen molar-refractivity contribution in [3.05, 3.63) is 33.3 Å². The average Bonchev–Trinajstić information content (AvgIpc) is 2.88. The van der Waals surface area contributed by atoms with Gasteiger partial charge in [0.1, 0.15) is 10.0 Å². The van der Waals surface area contributed by atoms with E-state index in [4.69, 9.17) is 23.2 Å². The van der Waals surface area contributed by atoms with E-state index in [1.807, 2.05) is 6.07 Å². The summed E-state index contributed by atoms with van der Waals surface area (Å²) in [4.78, 5) is 0. The topological polar surface area (TPSA) is 37.8 Å². The van der Waals surface area contributed by atoms with E-state index in [0.29, 0.717) is 10.0 Å². The molecule has 1 unspecified atom stereocenters. The Morgan fingerprint density at radius 2 is 2.11 bits per heavy atom. The van der Waals surface area contributed by atoms with E-state index in [1.54, 1.807) is 12.1 Å². The number of halogens is 2. The molecule has 1 atom stereocenters. The van der Waals surface area contributed by atoms with Gasteiger partial charge in [0, 0.05) is 10.6 Å². The third-order valence-corrected chi connectivity index (χ3v) is 4.37. The molecule has 0 aliphatic carbocycles. The first-order valence-corrected chi connectivity index (χ1v) is 7.71. The monoisotopic (exact) mass is 315 g/mol. The molecule has 0 radical (unpaired) electrons. The van der Waals surface area contributed by atoms with Crippen LogP contribution in [0.2, 0.25) is 10.0 Å². The summed E-state index contributed by atoms with van der Waals surface area (Å²) in [5, 5.41) is 14.9. The molecular formula is C13H15Cl2N3S. The Kier molecular flexibility index (Phi) is 5.16. The van der Waals surface area contributed by atoms with Crippen LogP contribution in [0.5, 0.6) is 0 Å². The molecule has 1 N–H and O–H groups in total. The van der Waals surface area contributed by atoms with E-state index in [9.17, 15) is 0 Å². The normalized spacial score (nSPS) is 12.6. The van der Waals surface area contributed by atoms with Crippen LogP contribution in [-0.4, -0.2) is 16.7 Å². The fourth-order valence-corrected chi connectivity index (χ4v) is 2.96. The predicted molar refractivity (Wildman–Crippen MR) is 82.1 cm³/mol. The maximum Gasteiger partial charge on any atom is 0.149 e. The molecule has 0 aliphatic rings. The van der Waals surface area contributed by atoms with Gasteiger partial charge in [0.15, 0.2) is 0 Å². The highest BCUT2D eigenvalue weighted by molar-refractivity contribution is 7.14. The smallest absolute Gasteiger partial charge is 0.149 e. The third kappa shape index (κ3) is 3.66. The minimum Gasteiger partial charge on any atom is -0.308 e. The minimum absolute atomic E-state index is 0.198. The van der Waals surface area contributed by atoms with Crippen molar-refractivity contribution < 1.29 is 0 Å².